The Balaban J connectivity index is 1.73. The van der Waals surface area contributed by atoms with Crippen LogP contribution in [0.25, 0.3) is 11.0 Å². The van der Waals surface area contributed by atoms with E-state index in [1.807, 2.05) is 6.92 Å². The Kier molecular flexibility index (Phi) is 7.61. The summed E-state index contributed by atoms with van der Waals surface area (Å²) in [5.41, 5.74) is 2.63. The summed E-state index contributed by atoms with van der Waals surface area (Å²) in [6.07, 6.45) is -0.0168. The third-order valence-electron chi connectivity index (χ3n) is 5.35. The van der Waals surface area contributed by atoms with Gasteiger partial charge in [0.25, 0.3) is 15.9 Å². The molecule has 0 aliphatic rings. The second kappa shape index (κ2) is 10.8. The van der Waals surface area contributed by atoms with E-state index in [0.29, 0.717) is 39.9 Å². The number of hydrogen-bond acceptors (Lipinski definition) is 9. The van der Waals surface area contributed by atoms with Crippen molar-refractivity contribution in [2.45, 2.75) is 30.8 Å². The summed E-state index contributed by atoms with van der Waals surface area (Å²) in [6, 6.07) is 17.3. The summed E-state index contributed by atoms with van der Waals surface area (Å²) in [4.78, 5) is 25.3. The van der Waals surface area contributed by atoms with Gasteiger partial charge in [-0.15, -0.1) is 0 Å². The van der Waals surface area contributed by atoms with E-state index >= 15 is 0 Å². The van der Waals surface area contributed by atoms with Crippen molar-refractivity contribution in [3.8, 4) is 5.75 Å². The van der Waals surface area contributed by atoms with Gasteiger partial charge < -0.3 is 9.47 Å². The molecule has 11 heteroatoms. The second-order valence-corrected chi connectivity index (χ2v) is 10.1. The molecule has 36 heavy (non-hydrogen) atoms. The van der Waals surface area contributed by atoms with Crippen LogP contribution >= 0.6 is 11.7 Å². The molecule has 186 valence electrons. The van der Waals surface area contributed by atoms with Crippen molar-refractivity contribution in [1.29, 1.82) is 0 Å². The Labute approximate surface area is 212 Å². The minimum absolute atomic E-state index is 0.0506. The standard InChI is InChI=1S/C25H23N3O6S2/c1-3-7-16-14-18(25(30)33-2)11-13-22(16)34-23(17-10-12-20-21(15-17)27-35-26-20)24(29)28-36(31,32)19-8-5-4-6-9-19/h4-6,8-15,23H,3,7H2,1-2H3,(H,28,29). The number of nitrogens with one attached hydrogen (secondary N) is 1. The van der Waals surface area contributed by atoms with Crippen molar-refractivity contribution in [2.24, 2.45) is 0 Å². The zero-order valence-corrected chi connectivity index (χ0v) is 21.1. The van der Waals surface area contributed by atoms with Crippen LogP contribution in [-0.4, -0.2) is 36.2 Å². The molecule has 1 aromatic heterocycles. The van der Waals surface area contributed by atoms with E-state index in [-0.39, 0.29) is 4.90 Å². The van der Waals surface area contributed by atoms with Crippen molar-refractivity contribution < 1.29 is 27.5 Å². The minimum Gasteiger partial charge on any atom is -0.475 e. The number of aryl methyl sites for hydroxylation is 1. The molecule has 0 aliphatic heterocycles. The fourth-order valence-corrected chi connectivity index (χ4v) is 5.13. The SMILES string of the molecule is CCCc1cc(C(=O)OC)ccc1OC(C(=O)NS(=O)(=O)c1ccccc1)c1ccc2nsnc2c1. The first-order valence-electron chi connectivity index (χ1n) is 11.0. The molecule has 0 aliphatic carbocycles. The van der Waals surface area contributed by atoms with Crippen LogP contribution in [0.1, 0.15) is 40.9 Å². The zero-order valence-electron chi connectivity index (χ0n) is 19.5. The highest BCUT2D eigenvalue weighted by molar-refractivity contribution is 7.90. The van der Waals surface area contributed by atoms with Crippen molar-refractivity contribution in [2.75, 3.05) is 7.11 Å². The molecule has 1 atom stereocenters. The number of ether oxygens (including phenoxy) is 2. The van der Waals surface area contributed by atoms with E-state index in [9.17, 15) is 18.0 Å². The number of hydrogen-bond donors (Lipinski definition) is 1. The van der Waals surface area contributed by atoms with Crippen LogP contribution in [0.15, 0.2) is 71.6 Å². The van der Waals surface area contributed by atoms with Gasteiger partial charge in [0, 0.05) is 5.56 Å². The average molecular weight is 526 g/mol. The maximum absolute atomic E-state index is 13.4. The van der Waals surface area contributed by atoms with Gasteiger partial charge in [0.1, 0.15) is 16.8 Å². The lowest BCUT2D eigenvalue weighted by molar-refractivity contribution is -0.126. The highest BCUT2D eigenvalue weighted by Crippen LogP contribution is 2.30. The summed E-state index contributed by atoms with van der Waals surface area (Å²) in [5, 5.41) is 0. The monoisotopic (exact) mass is 525 g/mol. The van der Waals surface area contributed by atoms with Crippen LogP contribution < -0.4 is 9.46 Å². The number of amides is 1. The van der Waals surface area contributed by atoms with Crippen LogP contribution in [0.2, 0.25) is 0 Å². The number of rotatable bonds is 9. The normalized spacial score (nSPS) is 12.2. The molecular weight excluding hydrogens is 502 g/mol. The van der Waals surface area contributed by atoms with Gasteiger partial charge in [-0.2, -0.15) is 8.75 Å². The zero-order chi connectivity index (χ0) is 25.7. The highest BCUT2D eigenvalue weighted by atomic mass is 32.2. The Morgan fingerprint density at radius 2 is 1.75 bits per heavy atom. The summed E-state index contributed by atoms with van der Waals surface area (Å²) in [7, 11) is -2.85. The number of carbonyl (C=O) groups is 2. The van der Waals surface area contributed by atoms with E-state index in [1.54, 1.807) is 48.5 Å². The van der Waals surface area contributed by atoms with E-state index in [1.165, 1.54) is 25.3 Å². The minimum atomic E-state index is -4.14. The van der Waals surface area contributed by atoms with Crippen molar-refractivity contribution in [1.82, 2.24) is 13.5 Å². The first kappa shape index (κ1) is 25.3. The first-order valence-corrected chi connectivity index (χ1v) is 13.3. The molecule has 0 fully saturated rings. The van der Waals surface area contributed by atoms with E-state index in [0.717, 1.165) is 18.1 Å². The smallest absolute Gasteiger partial charge is 0.337 e. The average Bonchev–Trinajstić information content (AvgIpc) is 3.36. The van der Waals surface area contributed by atoms with Crippen LogP contribution in [0.3, 0.4) is 0 Å². The molecule has 0 bridgehead atoms. The van der Waals surface area contributed by atoms with Gasteiger partial charge in [0.05, 0.1) is 29.3 Å². The molecule has 3 aromatic carbocycles. The molecule has 9 nitrogen and oxygen atoms in total. The highest BCUT2D eigenvalue weighted by Gasteiger charge is 2.29. The number of methoxy groups -OCH3 is 1. The topological polar surface area (TPSA) is 125 Å². The Bertz CT molecular complexity index is 1500. The number of esters is 1. The lowest BCUT2D eigenvalue weighted by atomic mass is 10.0. The fraction of sp³-hybridized carbons (Fsp3) is 0.200. The maximum atomic E-state index is 13.4. The number of sulfonamides is 1. The van der Waals surface area contributed by atoms with Gasteiger partial charge >= 0.3 is 5.97 Å². The number of fused-ring (bicyclic) bond motifs is 1. The van der Waals surface area contributed by atoms with E-state index in [2.05, 4.69) is 13.5 Å². The van der Waals surface area contributed by atoms with Crippen molar-refractivity contribution >= 4 is 44.7 Å². The van der Waals surface area contributed by atoms with Gasteiger partial charge in [0.15, 0.2) is 0 Å². The summed E-state index contributed by atoms with van der Waals surface area (Å²) in [5.74, 6) is -1.03. The molecule has 0 saturated carbocycles. The number of benzene rings is 3. The van der Waals surface area contributed by atoms with Crippen LogP contribution in [0.5, 0.6) is 5.75 Å². The van der Waals surface area contributed by atoms with Gasteiger partial charge in [-0.1, -0.05) is 37.6 Å². The molecule has 1 N–H and O–H groups in total. The van der Waals surface area contributed by atoms with Gasteiger partial charge in [0.2, 0.25) is 6.10 Å². The predicted octanol–water partition coefficient (Wildman–Crippen LogP) is 4.06. The van der Waals surface area contributed by atoms with Crippen LogP contribution in [-0.2, 0) is 26.0 Å². The second-order valence-electron chi connectivity index (χ2n) is 7.86. The van der Waals surface area contributed by atoms with Gasteiger partial charge in [-0.25, -0.2) is 17.9 Å². The van der Waals surface area contributed by atoms with Crippen LogP contribution in [0, 0.1) is 0 Å². The molecule has 0 spiro atoms. The molecule has 1 unspecified atom stereocenters. The molecule has 0 saturated heterocycles. The Morgan fingerprint density at radius 3 is 2.47 bits per heavy atom. The van der Waals surface area contributed by atoms with E-state index < -0.39 is 28.0 Å². The van der Waals surface area contributed by atoms with Crippen LogP contribution in [0.4, 0.5) is 0 Å². The van der Waals surface area contributed by atoms with Gasteiger partial charge in [-0.3, -0.25) is 4.79 Å². The predicted molar refractivity (Wildman–Crippen MR) is 134 cm³/mol. The first-order chi connectivity index (χ1) is 17.3. The molecule has 1 amide bonds. The summed E-state index contributed by atoms with van der Waals surface area (Å²) < 4.78 is 47.2. The molecule has 4 aromatic rings. The lowest BCUT2D eigenvalue weighted by Gasteiger charge is -2.21. The molecule has 0 radical (unpaired) electrons. The lowest BCUT2D eigenvalue weighted by Crippen LogP contribution is -2.37. The number of aromatic nitrogens is 2. The number of nitrogens with zero attached hydrogens (tertiary/aromatic N) is 2. The molecule has 1 heterocycles. The molecule has 4 rings (SSSR count). The quantitative estimate of drug-likeness (QED) is 0.325. The molecular formula is C25H23N3O6S2. The largest absolute Gasteiger partial charge is 0.475 e. The van der Waals surface area contributed by atoms with Crippen molar-refractivity contribution in [3.63, 3.8) is 0 Å². The Hall–Kier alpha value is -3.83. The maximum Gasteiger partial charge on any atom is 0.337 e. The third kappa shape index (κ3) is 5.52. The Morgan fingerprint density at radius 1 is 1.00 bits per heavy atom. The summed E-state index contributed by atoms with van der Waals surface area (Å²) >= 11 is 1.03. The number of carbonyl (C=O) groups excluding carboxylic acids is 2. The van der Waals surface area contributed by atoms with Gasteiger partial charge in [-0.05, 0) is 54.4 Å². The fourth-order valence-electron chi connectivity index (χ4n) is 3.61. The van der Waals surface area contributed by atoms with E-state index in [4.69, 9.17) is 9.47 Å². The third-order valence-corrected chi connectivity index (χ3v) is 7.27. The summed E-state index contributed by atoms with van der Waals surface area (Å²) in [6.45, 7) is 1.97. The van der Waals surface area contributed by atoms with Crippen molar-refractivity contribution in [3.05, 3.63) is 83.4 Å².